The quantitative estimate of drug-likeness (QED) is 0.891. The summed E-state index contributed by atoms with van der Waals surface area (Å²) in [6.07, 6.45) is 3.22. The average molecular weight is 263 g/mol. The SMILES string of the molecule is CCCOc1c(CC)cnc2c1c(=O)[nH]c(=O)n2C. The molecule has 0 radical (unpaired) electrons. The van der Waals surface area contributed by atoms with E-state index >= 15 is 0 Å². The van der Waals surface area contributed by atoms with Crippen LogP contribution in [-0.4, -0.2) is 21.1 Å². The second-order valence-corrected chi connectivity index (χ2v) is 4.33. The van der Waals surface area contributed by atoms with Crippen LogP contribution >= 0.6 is 0 Å². The van der Waals surface area contributed by atoms with E-state index < -0.39 is 11.2 Å². The van der Waals surface area contributed by atoms with Crippen LogP contribution in [0.3, 0.4) is 0 Å². The Balaban J connectivity index is 2.84. The number of rotatable bonds is 4. The molecule has 0 aromatic carbocycles. The predicted molar refractivity (Wildman–Crippen MR) is 72.8 cm³/mol. The lowest BCUT2D eigenvalue weighted by molar-refractivity contribution is 0.317. The summed E-state index contributed by atoms with van der Waals surface area (Å²) in [7, 11) is 1.57. The smallest absolute Gasteiger partial charge is 0.329 e. The van der Waals surface area contributed by atoms with Crippen molar-refractivity contribution in [3.63, 3.8) is 0 Å². The maximum atomic E-state index is 12.0. The third-order valence-corrected chi connectivity index (χ3v) is 2.99. The Bertz CT molecular complexity index is 715. The van der Waals surface area contributed by atoms with Crippen molar-refractivity contribution in [2.75, 3.05) is 6.61 Å². The van der Waals surface area contributed by atoms with Crippen molar-refractivity contribution >= 4 is 11.0 Å². The standard InChI is InChI=1S/C13H17N3O3/c1-4-6-19-10-8(5-2)7-14-11-9(10)12(17)15-13(18)16(11)3/h7H,4-6H2,1-3H3,(H,15,17,18). The van der Waals surface area contributed by atoms with E-state index in [1.54, 1.807) is 13.2 Å². The van der Waals surface area contributed by atoms with Crippen LogP contribution < -0.4 is 16.0 Å². The van der Waals surface area contributed by atoms with Crippen molar-refractivity contribution in [3.05, 3.63) is 32.6 Å². The molecular weight excluding hydrogens is 246 g/mol. The number of ether oxygens (including phenoxy) is 1. The van der Waals surface area contributed by atoms with Gasteiger partial charge < -0.3 is 4.74 Å². The van der Waals surface area contributed by atoms with Gasteiger partial charge in [-0.3, -0.25) is 14.3 Å². The number of hydrogen-bond donors (Lipinski definition) is 1. The number of aromatic amines is 1. The zero-order valence-electron chi connectivity index (χ0n) is 11.3. The summed E-state index contributed by atoms with van der Waals surface area (Å²) in [5, 5.41) is 0.343. The lowest BCUT2D eigenvalue weighted by Gasteiger charge is -2.12. The van der Waals surface area contributed by atoms with Crippen LogP contribution in [0.25, 0.3) is 11.0 Å². The molecule has 0 aliphatic heterocycles. The van der Waals surface area contributed by atoms with Gasteiger partial charge in [-0.2, -0.15) is 0 Å². The first-order valence-electron chi connectivity index (χ1n) is 6.33. The highest BCUT2D eigenvalue weighted by molar-refractivity contribution is 5.82. The first kappa shape index (κ1) is 13.3. The molecular formula is C13H17N3O3. The molecule has 2 heterocycles. The maximum absolute atomic E-state index is 12.0. The highest BCUT2D eigenvalue weighted by Crippen LogP contribution is 2.25. The molecule has 2 rings (SSSR count). The van der Waals surface area contributed by atoms with Crippen LogP contribution in [0.15, 0.2) is 15.8 Å². The van der Waals surface area contributed by atoms with Crippen LogP contribution in [0.1, 0.15) is 25.8 Å². The van der Waals surface area contributed by atoms with Gasteiger partial charge in [0, 0.05) is 18.8 Å². The van der Waals surface area contributed by atoms with Gasteiger partial charge in [0.05, 0.1) is 6.61 Å². The number of nitrogens with zero attached hydrogens (tertiary/aromatic N) is 2. The molecule has 102 valence electrons. The minimum absolute atomic E-state index is 0.343. The highest BCUT2D eigenvalue weighted by atomic mass is 16.5. The van der Waals surface area contributed by atoms with E-state index in [-0.39, 0.29) is 0 Å². The molecule has 0 aliphatic carbocycles. The van der Waals surface area contributed by atoms with Gasteiger partial charge in [0.25, 0.3) is 5.56 Å². The first-order valence-corrected chi connectivity index (χ1v) is 6.33. The van der Waals surface area contributed by atoms with E-state index in [9.17, 15) is 9.59 Å². The summed E-state index contributed by atoms with van der Waals surface area (Å²) in [6, 6.07) is 0. The Kier molecular flexibility index (Phi) is 3.69. The molecule has 0 aliphatic rings. The van der Waals surface area contributed by atoms with Gasteiger partial charge in [-0.05, 0) is 12.8 Å². The molecule has 2 aromatic rings. The molecule has 2 aromatic heterocycles. The zero-order chi connectivity index (χ0) is 14.0. The zero-order valence-corrected chi connectivity index (χ0v) is 11.3. The van der Waals surface area contributed by atoms with E-state index in [2.05, 4.69) is 9.97 Å². The van der Waals surface area contributed by atoms with Gasteiger partial charge in [0.2, 0.25) is 0 Å². The summed E-state index contributed by atoms with van der Waals surface area (Å²) in [4.78, 5) is 30.1. The largest absolute Gasteiger partial charge is 0.492 e. The molecule has 0 saturated carbocycles. The minimum Gasteiger partial charge on any atom is -0.492 e. The molecule has 0 spiro atoms. The van der Waals surface area contributed by atoms with Crippen molar-refractivity contribution in [1.82, 2.24) is 14.5 Å². The number of nitrogens with one attached hydrogen (secondary N) is 1. The molecule has 0 bridgehead atoms. The Morgan fingerprint density at radius 3 is 2.74 bits per heavy atom. The summed E-state index contributed by atoms with van der Waals surface area (Å²) >= 11 is 0. The van der Waals surface area contributed by atoms with Gasteiger partial charge in [-0.1, -0.05) is 13.8 Å². The molecule has 0 fully saturated rings. The van der Waals surface area contributed by atoms with Crippen molar-refractivity contribution in [2.24, 2.45) is 7.05 Å². The lowest BCUT2D eigenvalue weighted by Crippen LogP contribution is -2.29. The Hall–Kier alpha value is -2.11. The van der Waals surface area contributed by atoms with Gasteiger partial charge in [-0.25, -0.2) is 9.78 Å². The van der Waals surface area contributed by atoms with Crippen LogP contribution in [0.5, 0.6) is 5.75 Å². The summed E-state index contributed by atoms with van der Waals surface area (Å²) < 4.78 is 7.01. The number of hydrogen-bond acceptors (Lipinski definition) is 4. The van der Waals surface area contributed by atoms with E-state index in [0.717, 1.165) is 12.0 Å². The van der Waals surface area contributed by atoms with Crippen molar-refractivity contribution < 1.29 is 4.74 Å². The first-order chi connectivity index (χ1) is 9.10. The fourth-order valence-electron chi connectivity index (χ4n) is 1.94. The van der Waals surface area contributed by atoms with Crippen LogP contribution in [0.4, 0.5) is 0 Å². The molecule has 0 unspecified atom stereocenters. The fourth-order valence-corrected chi connectivity index (χ4v) is 1.94. The second kappa shape index (κ2) is 5.26. The van der Waals surface area contributed by atoms with E-state index in [4.69, 9.17) is 4.74 Å². The highest BCUT2D eigenvalue weighted by Gasteiger charge is 2.15. The normalized spacial score (nSPS) is 10.9. The number of fused-ring (bicyclic) bond motifs is 1. The number of H-pyrrole nitrogens is 1. The van der Waals surface area contributed by atoms with Gasteiger partial charge >= 0.3 is 5.69 Å². The Morgan fingerprint density at radius 2 is 2.11 bits per heavy atom. The molecule has 0 saturated heterocycles. The molecule has 6 nitrogen and oxygen atoms in total. The molecule has 19 heavy (non-hydrogen) atoms. The molecule has 1 N–H and O–H groups in total. The summed E-state index contributed by atoms with van der Waals surface area (Å²) in [5.41, 5.74) is 0.282. The maximum Gasteiger partial charge on any atom is 0.329 e. The number of aromatic nitrogens is 3. The Morgan fingerprint density at radius 1 is 1.37 bits per heavy atom. The van der Waals surface area contributed by atoms with Crippen LogP contribution in [0, 0.1) is 0 Å². The number of pyridine rings is 1. The van der Waals surface area contributed by atoms with Gasteiger partial charge in [-0.15, -0.1) is 0 Å². The summed E-state index contributed by atoms with van der Waals surface area (Å²) in [6.45, 7) is 4.49. The van der Waals surface area contributed by atoms with Crippen molar-refractivity contribution in [3.8, 4) is 5.75 Å². The fraction of sp³-hybridized carbons (Fsp3) is 0.462. The average Bonchev–Trinajstić information content (AvgIpc) is 2.41. The molecule has 0 amide bonds. The molecule has 6 heteroatoms. The van der Waals surface area contributed by atoms with Crippen LogP contribution in [0.2, 0.25) is 0 Å². The lowest BCUT2D eigenvalue weighted by atomic mass is 10.1. The number of aryl methyl sites for hydroxylation is 2. The van der Waals surface area contributed by atoms with E-state index in [1.165, 1.54) is 4.57 Å². The van der Waals surface area contributed by atoms with Gasteiger partial charge in [0.1, 0.15) is 11.1 Å². The van der Waals surface area contributed by atoms with Crippen LogP contribution in [-0.2, 0) is 13.5 Å². The Labute approximate surface area is 110 Å². The predicted octanol–water partition coefficient (Wildman–Crippen LogP) is 0.973. The van der Waals surface area contributed by atoms with Crippen molar-refractivity contribution in [1.29, 1.82) is 0 Å². The monoisotopic (exact) mass is 263 g/mol. The summed E-state index contributed by atoms with van der Waals surface area (Å²) in [5.74, 6) is 0.534. The van der Waals surface area contributed by atoms with Crippen molar-refractivity contribution in [2.45, 2.75) is 26.7 Å². The second-order valence-electron chi connectivity index (χ2n) is 4.33. The van der Waals surface area contributed by atoms with Gasteiger partial charge in [0.15, 0.2) is 5.65 Å². The minimum atomic E-state index is -0.476. The molecule has 0 atom stereocenters. The third-order valence-electron chi connectivity index (χ3n) is 2.99. The topological polar surface area (TPSA) is 77.0 Å². The third kappa shape index (κ3) is 2.25. The van der Waals surface area contributed by atoms with E-state index in [0.29, 0.717) is 29.8 Å². The van der Waals surface area contributed by atoms with E-state index in [1.807, 2.05) is 13.8 Å².